The van der Waals surface area contributed by atoms with E-state index in [1.807, 2.05) is 6.07 Å². The molecule has 84 valence electrons. The lowest BCUT2D eigenvalue weighted by atomic mass is 9.96. The van der Waals surface area contributed by atoms with Crippen LogP contribution in [-0.4, -0.2) is 34.8 Å². The van der Waals surface area contributed by atoms with Gasteiger partial charge in [0.15, 0.2) is 0 Å². The summed E-state index contributed by atoms with van der Waals surface area (Å²) in [6, 6.07) is 6.20. The highest BCUT2D eigenvalue weighted by molar-refractivity contribution is 5.88. The molecule has 0 saturated carbocycles. The summed E-state index contributed by atoms with van der Waals surface area (Å²) in [6.45, 7) is 2.37. The van der Waals surface area contributed by atoms with Gasteiger partial charge in [0.25, 0.3) is 0 Å². The number of nitrogens with zero attached hydrogens (tertiary/aromatic N) is 2. The number of rotatable bonds is 3. The van der Waals surface area contributed by atoms with Crippen molar-refractivity contribution in [1.29, 1.82) is 0 Å². The number of benzene rings is 1. The van der Waals surface area contributed by atoms with Gasteiger partial charge >= 0.3 is 0 Å². The van der Waals surface area contributed by atoms with Gasteiger partial charge in [-0.3, -0.25) is 0 Å². The van der Waals surface area contributed by atoms with Crippen molar-refractivity contribution in [1.82, 2.24) is 9.97 Å². The molecule has 1 saturated heterocycles. The summed E-state index contributed by atoms with van der Waals surface area (Å²) in [5.74, 6) is 0.638. The second-order valence-electron chi connectivity index (χ2n) is 4.36. The first-order valence-electron chi connectivity index (χ1n) is 5.66. The molecule has 1 aromatic heterocycles. The Hall–Kier alpha value is -1.55. The molecule has 0 radical (unpaired) electrons. The highest BCUT2D eigenvalue weighted by atomic mass is 16.3. The quantitative estimate of drug-likeness (QED) is 0.816. The van der Waals surface area contributed by atoms with Crippen LogP contribution in [0.25, 0.3) is 11.0 Å². The summed E-state index contributed by atoms with van der Waals surface area (Å²) in [5, 5.41) is 8.86. The zero-order valence-electron chi connectivity index (χ0n) is 9.06. The molecule has 0 aliphatic carbocycles. The Kier molecular flexibility index (Phi) is 2.29. The van der Waals surface area contributed by atoms with Crippen molar-refractivity contribution in [3.63, 3.8) is 0 Å². The molecule has 2 heterocycles. The first kappa shape index (κ1) is 9.66. The number of aromatic nitrogens is 2. The van der Waals surface area contributed by atoms with Gasteiger partial charge in [0.2, 0.25) is 0 Å². The Balaban J connectivity index is 1.83. The molecule has 0 spiro atoms. The Morgan fingerprint density at radius 2 is 2.31 bits per heavy atom. The van der Waals surface area contributed by atoms with E-state index in [-0.39, 0.29) is 0 Å². The van der Waals surface area contributed by atoms with Crippen LogP contribution in [0.2, 0.25) is 0 Å². The predicted octanol–water partition coefficient (Wildman–Crippen LogP) is 1.38. The second kappa shape index (κ2) is 3.79. The monoisotopic (exact) mass is 217 g/mol. The summed E-state index contributed by atoms with van der Waals surface area (Å²) in [7, 11) is 0. The third-order valence-corrected chi connectivity index (χ3v) is 3.26. The van der Waals surface area contributed by atoms with Gasteiger partial charge < -0.3 is 15.0 Å². The molecule has 0 atom stereocenters. The predicted molar refractivity (Wildman–Crippen MR) is 63.5 cm³/mol. The fraction of sp³-hybridized carbons (Fsp3) is 0.417. The third-order valence-electron chi connectivity index (χ3n) is 3.26. The van der Waals surface area contributed by atoms with E-state index in [0.29, 0.717) is 12.5 Å². The number of anilines is 1. The number of para-hydroxylation sites is 1. The zero-order valence-corrected chi connectivity index (χ0v) is 9.06. The molecule has 0 unspecified atom stereocenters. The minimum absolute atomic E-state index is 0.297. The summed E-state index contributed by atoms with van der Waals surface area (Å²) >= 11 is 0. The largest absolute Gasteiger partial charge is 0.396 e. The van der Waals surface area contributed by atoms with Gasteiger partial charge in [-0.2, -0.15) is 0 Å². The Labute approximate surface area is 93.9 Å². The molecule has 2 aromatic rings. The molecule has 2 N–H and O–H groups in total. The SMILES string of the molecule is OCCC1CN(c2cccc3[nH]cnc23)C1. The average Bonchev–Trinajstić information content (AvgIpc) is 2.70. The molecule has 0 bridgehead atoms. The van der Waals surface area contributed by atoms with Crippen molar-refractivity contribution in [2.24, 2.45) is 5.92 Å². The lowest BCUT2D eigenvalue weighted by molar-refractivity contribution is 0.239. The number of fused-ring (bicyclic) bond motifs is 1. The molecule has 1 aliphatic rings. The average molecular weight is 217 g/mol. The molecular weight excluding hydrogens is 202 g/mol. The van der Waals surface area contributed by atoms with Crippen molar-refractivity contribution in [3.05, 3.63) is 24.5 Å². The van der Waals surface area contributed by atoms with Crippen LogP contribution in [0.5, 0.6) is 0 Å². The summed E-state index contributed by atoms with van der Waals surface area (Å²) in [4.78, 5) is 9.79. The van der Waals surface area contributed by atoms with Crippen molar-refractivity contribution < 1.29 is 5.11 Å². The highest BCUT2D eigenvalue weighted by Gasteiger charge is 2.27. The van der Waals surface area contributed by atoms with E-state index in [9.17, 15) is 0 Å². The first-order chi connectivity index (χ1) is 7.88. The maximum absolute atomic E-state index is 8.86. The molecule has 1 aromatic carbocycles. The van der Waals surface area contributed by atoms with Crippen LogP contribution in [0.4, 0.5) is 5.69 Å². The van der Waals surface area contributed by atoms with Crippen LogP contribution in [0.3, 0.4) is 0 Å². The molecule has 1 aliphatic heterocycles. The molecule has 4 heteroatoms. The van der Waals surface area contributed by atoms with Gasteiger partial charge in [0, 0.05) is 19.7 Å². The zero-order chi connectivity index (χ0) is 11.0. The number of H-pyrrole nitrogens is 1. The van der Waals surface area contributed by atoms with Crippen LogP contribution >= 0.6 is 0 Å². The summed E-state index contributed by atoms with van der Waals surface area (Å²) < 4.78 is 0. The van der Waals surface area contributed by atoms with Crippen LogP contribution in [0, 0.1) is 5.92 Å². The van der Waals surface area contributed by atoms with Crippen molar-refractivity contribution in [2.45, 2.75) is 6.42 Å². The Morgan fingerprint density at radius 3 is 3.12 bits per heavy atom. The fourth-order valence-electron chi connectivity index (χ4n) is 2.34. The molecule has 3 rings (SSSR count). The van der Waals surface area contributed by atoms with E-state index < -0.39 is 0 Å². The number of hydrogen-bond donors (Lipinski definition) is 2. The van der Waals surface area contributed by atoms with E-state index in [1.54, 1.807) is 6.33 Å². The van der Waals surface area contributed by atoms with Crippen LogP contribution in [-0.2, 0) is 0 Å². The minimum atomic E-state index is 0.297. The van der Waals surface area contributed by atoms with E-state index >= 15 is 0 Å². The van der Waals surface area contributed by atoms with E-state index in [1.165, 1.54) is 5.69 Å². The van der Waals surface area contributed by atoms with Gasteiger partial charge in [-0.15, -0.1) is 0 Å². The van der Waals surface area contributed by atoms with Gasteiger partial charge in [-0.25, -0.2) is 4.98 Å². The Bertz CT molecular complexity index is 488. The smallest absolute Gasteiger partial charge is 0.112 e. The van der Waals surface area contributed by atoms with Gasteiger partial charge in [-0.05, 0) is 24.5 Å². The van der Waals surface area contributed by atoms with Crippen LogP contribution in [0.1, 0.15) is 6.42 Å². The van der Waals surface area contributed by atoms with Gasteiger partial charge in [-0.1, -0.05) is 6.07 Å². The summed E-state index contributed by atoms with van der Waals surface area (Å²) in [6.07, 6.45) is 2.65. The standard InChI is InChI=1S/C12H15N3O/c16-5-4-9-6-15(7-9)11-3-1-2-10-12(11)14-8-13-10/h1-3,8-9,16H,4-7H2,(H,13,14). The van der Waals surface area contributed by atoms with Crippen LogP contribution in [0.15, 0.2) is 24.5 Å². The highest BCUT2D eigenvalue weighted by Crippen LogP contribution is 2.30. The molecule has 4 nitrogen and oxygen atoms in total. The van der Waals surface area contributed by atoms with E-state index in [4.69, 9.17) is 5.11 Å². The number of aliphatic hydroxyl groups excluding tert-OH is 1. The number of imidazole rings is 1. The number of aromatic amines is 1. The molecule has 1 fully saturated rings. The van der Waals surface area contributed by atoms with Crippen molar-refractivity contribution in [3.8, 4) is 0 Å². The Morgan fingerprint density at radius 1 is 1.44 bits per heavy atom. The number of nitrogens with one attached hydrogen (secondary N) is 1. The topological polar surface area (TPSA) is 52.1 Å². The van der Waals surface area contributed by atoms with Crippen molar-refractivity contribution in [2.75, 3.05) is 24.6 Å². The van der Waals surface area contributed by atoms with E-state index in [2.05, 4.69) is 27.0 Å². The third kappa shape index (κ3) is 1.46. The summed E-state index contributed by atoms with van der Waals surface area (Å²) in [5.41, 5.74) is 3.33. The maximum atomic E-state index is 8.86. The lowest BCUT2D eigenvalue weighted by Crippen LogP contribution is -2.47. The fourth-order valence-corrected chi connectivity index (χ4v) is 2.34. The first-order valence-corrected chi connectivity index (χ1v) is 5.66. The lowest BCUT2D eigenvalue weighted by Gasteiger charge is -2.41. The molecular formula is C12H15N3O. The normalized spacial score (nSPS) is 16.7. The minimum Gasteiger partial charge on any atom is -0.396 e. The van der Waals surface area contributed by atoms with E-state index in [0.717, 1.165) is 30.5 Å². The number of aliphatic hydroxyl groups is 1. The van der Waals surface area contributed by atoms with Gasteiger partial charge in [0.1, 0.15) is 5.52 Å². The second-order valence-corrected chi connectivity index (χ2v) is 4.36. The molecule has 16 heavy (non-hydrogen) atoms. The number of hydrogen-bond acceptors (Lipinski definition) is 3. The van der Waals surface area contributed by atoms with Crippen molar-refractivity contribution >= 4 is 16.7 Å². The maximum Gasteiger partial charge on any atom is 0.112 e. The van der Waals surface area contributed by atoms with Gasteiger partial charge in [0.05, 0.1) is 17.5 Å². The van der Waals surface area contributed by atoms with Crippen LogP contribution < -0.4 is 4.90 Å². The molecule has 0 amide bonds.